The molecule has 0 radical (unpaired) electrons. The molecule has 0 aliphatic carbocycles. The van der Waals surface area contributed by atoms with E-state index in [2.05, 4.69) is 4.98 Å². The number of nitrogens with two attached hydrogens (primary N) is 1. The van der Waals surface area contributed by atoms with E-state index in [9.17, 15) is 4.79 Å². The fraction of sp³-hybridized carbons (Fsp3) is 0.250. The maximum Gasteiger partial charge on any atom is 0.243 e. The van der Waals surface area contributed by atoms with Gasteiger partial charge in [0, 0.05) is 24.1 Å². The monoisotopic (exact) mass is 217 g/mol. The Hall–Kier alpha value is -1.81. The molecule has 4 heteroatoms. The summed E-state index contributed by atoms with van der Waals surface area (Å²) in [6, 6.07) is 7.91. The van der Waals surface area contributed by atoms with Crippen LogP contribution in [0.25, 0.3) is 10.9 Å². The second-order valence-electron chi connectivity index (χ2n) is 3.96. The molecule has 4 nitrogen and oxygen atoms in total. The van der Waals surface area contributed by atoms with Crippen molar-refractivity contribution in [1.29, 1.82) is 0 Å². The fourth-order valence-electron chi connectivity index (χ4n) is 1.89. The van der Waals surface area contributed by atoms with Gasteiger partial charge in [-0.25, -0.2) is 5.84 Å². The molecule has 2 rings (SSSR count). The highest BCUT2D eigenvalue weighted by atomic mass is 16.2. The summed E-state index contributed by atoms with van der Waals surface area (Å²) >= 11 is 0. The van der Waals surface area contributed by atoms with Crippen LogP contribution in [0.5, 0.6) is 0 Å². The molecule has 1 unspecified atom stereocenters. The Balaban J connectivity index is 2.44. The molecule has 1 atom stereocenters. The van der Waals surface area contributed by atoms with E-state index in [4.69, 9.17) is 5.84 Å². The Labute approximate surface area is 94.0 Å². The number of rotatable bonds is 2. The molecule has 0 saturated heterocycles. The molecule has 16 heavy (non-hydrogen) atoms. The zero-order chi connectivity index (χ0) is 11.7. The van der Waals surface area contributed by atoms with Gasteiger partial charge in [0.25, 0.3) is 0 Å². The van der Waals surface area contributed by atoms with Crippen molar-refractivity contribution in [3.05, 3.63) is 36.0 Å². The van der Waals surface area contributed by atoms with Crippen LogP contribution in [0.2, 0.25) is 0 Å². The van der Waals surface area contributed by atoms with Crippen molar-refractivity contribution in [1.82, 2.24) is 9.99 Å². The second kappa shape index (κ2) is 3.98. The van der Waals surface area contributed by atoms with Crippen molar-refractivity contribution >= 4 is 16.8 Å². The van der Waals surface area contributed by atoms with E-state index >= 15 is 0 Å². The highest BCUT2D eigenvalue weighted by molar-refractivity contribution is 5.91. The summed E-state index contributed by atoms with van der Waals surface area (Å²) < 4.78 is 0. The highest BCUT2D eigenvalue weighted by Crippen LogP contribution is 2.25. The molecular weight excluding hydrogens is 202 g/mol. The Morgan fingerprint density at radius 3 is 2.81 bits per heavy atom. The molecule has 0 bridgehead atoms. The zero-order valence-corrected chi connectivity index (χ0v) is 9.40. The Kier molecular flexibility index (Phi) is 2.66. The average molecular weight is 217 g/mol. The van der Waals surface area contributed by atoms with E-state index in [-0.39, 0.29) is 11.8 Å². The van der Waals surface area contributed by atoms with E-state index in [0.717, 1.165) is 21.5 Å². The van der Waals surface area contributed by atoms with E-state index in [1.54, 1.807) is 7.05 Å². The van der Waals surface area contributed by atoms with E-state index < -0.39 is 0 Å². The minimum Gasteiger partial charge on any atom is -0.361 e. The van der Waals surface area contributed by atoms with Crippen LogP contribution in [-0.2, 0) is 4.79 Å². The van der Waals surface area contributed by atoms with Crippen molar-refractivity contribution in [2.75, 3.05) is 7.05 Å². The number of nitrogens with one attached hydrogen (secondary N) is 1. The molecule has 0 saturated carbocycles. The van der Waals surface area contributed by atoms with Gasteiger partial charge in [-0.3, -0.25) is 9.80 Å². The molecule has 0 aliphatic heterocycles. The number of benzene rings is 1. The number of amides is 1. The fourth-order valence-corrected chi connectivity index (χ4v) is 1.89. The molecule has 0 spiro atoms. The smallest absolute Gasteiger partial charge is 0.243 e. The molecule has 0 aliphatic rings. The molecule has 0 fully saturated rings. The highest BCUT2D eigenvalue weighted by Gasteiger charge is 2.20. The summed E-state index contributed by atoms with van der Waals surface area (Å²) in [5.41, 5.74) is 2.02. The molecular formula is C12H15N3O. The maximum absolute atomic E-state index is 11.8. The summed E-state index contributed by atoms with van der Waals surface area (Å²) in [6.45, 7) is 1.86. The third-order valence-corrected chi connectivity index (χ3v) is 2.81. The molecule has 84 valence electrons. The number of carbonyl (C=O) groups is 1. The van der Waals surface area contributed by atoms with Crippen molar-refractivity contribution < 1.29 is 4.79 Å². The summed E-state index contributed by atoms with van der Waals surface area (Å²) in [6.07, 6.45) is 1.87. The maximum atomic E-state index is 11.8. The van der Waals surface area contributed by atoms with Gasteiger partial charge < -0.3 is 4.98 Å². The predicted molar refractivity (Wildman–Crippen MR) is 63.7 cm³/mol. The quantitative estimate of drug-likeness (QED) is 0.456. The van der Waals surface area contributed by atoms with Crippen LogP contribution in [0, 0.1) is 0 Å². The average Bonchev–Trinajstić information content (AvgIpc) is 2.70. The number of hydrogen-bond acceptors (Lipinski definition) is 2. The first-order valence-electron chi connectivity index (χ1n) is 5.19. The minimum atomic E-state index is -0.230. The lowest BCUT2D eigenvalue weighted by Crippen LogP contribution is -2.36. The second-order valence-corrected chi connectivity index (χ2v) is 3.96. The van der Waals surface area contributed by atoms with E-state index in [1.807, 2.05) is 37.4 Å². The van der Waals surface area contributed by atoms with Crippen LogP contribution in [-0.4, -0.2) is 22.9 Å². The van der Waals surface area contributed by atoms with Gasteiger partial charge in [-0.15, -0.1) is 0 Å². The summed E-state index contributed by atoms with van der Waals surface area (Å²) in [4.78, 5) is 14.9. The number of hydrogen-bond donors (Lipinski definition) is 2. The van der Waals surface area contributed by atoms with Gasteiger partial charge in [0.2, 0.25) is 5.91 Å². The van der Waals surface area contributed by atoms with Gasteiger partial charge in [0.15, 0.2) is 0 Å². The van der Waals surface area contributed by atoms with Gasteiger partial charge in [-0.2, -0.15) is 0 Å². The van der Waals surface area contributed by atoms with Gasteiger partial charge in [-0.1, -0.05) is 18.2 Å². The van der Waals surface area contributed by atoms with Crippen molar-refractivity contribution in [3.63, 3.8) is 0 Å². The van der Waals surface area contributed by atoms with Gasteiger partial charge >= 0.3 is 0 Å². The third-order valence-electron chi connectivity index (χ3n) is 2.81. The molecule has 1 aromatic heterocycles. The lowest BCUT2D eigenvalue weighted by molar-refractivity contribution is -0.131. The van der Waals surface area contributed by atoms with Crippen LogP contribution in [0.1, 0.15) is 18.4 Å². The Morgan fingerprint density at radius 1 is 1.44 bits per heavy atom. The number of aromatic nitrogens is 1. The molecule has 3 N–H and O–H groups in total. The molecule has 1 aromatic carbocycles. The van der Waals surface area contributed by atoms with E-state index in [1.165, 1.54) is 0 Å². The lowest BCUT2D eigenvalue weighted by atomic mass is 10.00. The normalized spacial score (nSPS) is 12.7. The first-order chi connectivity index (χ1) is 7.61. The number of likely N-dealkylation sites (N-methyl/N-ethyl adjacent to an activating group) is 1. The SMILES string of the molecule is CC(C(=O)N(C)N)c1c[nH]c2ccccc12. The van der Waals surface area contributed by atoms with Gasteiger partial charge in [-0.05, 0) is 18.6 Å². The number of H-pyrrole nitrogens is 1. The van der Waals surface area contributed by atoms with Crippen LogP contribution in [0.4, 0.5) is 0 Å². The predicted octanol–water partition coefficient (Wildman–Crippen LogP) is 1.60. The Morgan fingerprint density at radius 2 is 2.12 bits per heavy atom. The summed E-state index contributed by atoms with van der Waals surface area (Å²) in [5, 5.41) is 2.21. The number of nitrogens with zero attached hydrogens (tertiary/aromatic N) is 1. The number of aromatic amines is 1. The van der Waals surface area contributed by atoms with Gasteiger partial charge in [0.1, 0.15) is 0 Å². The van der Waals surface area contributed by atoms with Gasteiger partial charge in [0.05, 0.1) is 5.92 Å². The Bertz CT molecular complexity index is 516. The van der Waals surface area contributed by atoms with Crippen molar-refractivity contribution in [3.8, 4) is 0 Å². The van der Waals surface area contributed by atoms with E-state index in [0.29, 0.717) is 0 Å². The van der Waals surface area contributed by atoms with Crippen LogP contribution < -0.4 is 5.84 Å². The zero-order valence-electron chi connectivity index (χ0n) is 9.40. The third kappa shape index (κ3) is 1.67. The number of fused-ring (bicyclic) bond motifs is 1. The number of para-hydroxylation sites is 1. The molecule has 1 heterocycles. The first kappa shape index (κ1) is 10.7. The summed E-state index contributed by atoms with van der Waals surface area (Å²) in [7, 11) is 1.56. The number of hydrazine groups is 1. The largest absolute Gasteiger partial charge is 0.361 e. The number of carbonyl (C=O) groups excluding carboxylic acids is 1. The lowest BCUT2D eigenvalue weighted by Gasteiger charge is -2.15. The molecule has 1 amide bonds. The van der Waals surface area contributed by atoms with Crippen LogP contribution in [0.3, 0.4) is 0 Å². The minimum absolute atomic E-state index is 0.0928. The van der Waals surface area contributed by atoms with Crippen LogP contribution >= 0.6 is 0 Å². The summed E-state index contributed by atoms with van der Waals surface area (Å²) in [5.74, 6) is 5.14. The van der Waals surface area contributed by atoms with Crippen molar-refractivity contribution in [2.45, 2.75) is 12.8 Å². The first-order valence-corrected chi connectivity index (χ1v) is 5.19. The topological polar surface area (TPSA) is 62.1 Å². The van der Waals surface area contributed by atoms with Crippen molar-refractivity contribution in [2.24, 2.45) is 5.84 Å². The van der Waals surface area contributed by atoms with Crippen LogP contribution in [0.15, 0.2) is 30.5 Å². The standard InChI is InChI=1S/C12H15N3O/c1-8(12(16)15(2)13)10-7-14-11-6-4-3-5-9(10)11/h3-8,14H,13H2,1-2H3. The molecule has 2 aromatic rings.